The summed E-state index contributed by atoms with van der Waals surface area (Å²) < 4.78 is 0. The van der Waals surface area contributed by atoms with Gasteiger partial charge in [0.15, 0.2) is 0 Å². The van der Waals surface area contributed by atoms with Gasteiger partial charge in [0.2, 0.25) is 5.91 Å². The second-order valence-corrected chi connectivity index (χ2v) is 4.11. The normalized spacial score (nSPS) is 26.2. The standard InChI is InChI=1S/C10H20N2O/c1-3-8(2)6-12-7-9(11)4-5-10(12)13/h8-9H,3-7,11H2,1-2H3. The van der Waals surface area contributed by atoms with Gasteiger partial charge in [-0.05, 0) is 12.3 Å². The molecule has 1 aliphatic rings. The van der Waals surface area contributed by atoms with Gasteiger partial charge in [-0.2, -0.15) is 0 Å². The third-order valence-corrected chi connectivity index (χ3v) is 2.77. The molecule has 0 aromatic heterocycles. The molecule has 3 heteroatoms. The monoisotopic (exact) mass is 184 g/mol. The Hall–Kier alpha value is -0.570. The largest absolute Gasteiger partial charge is 0.341 e. The maximum absolute atomic E-state index is 11.5. The number of amides is 1. The van der Waals surface area contributed by atoms with Gasteiger partial charge < -0.3 is 10.6 Å². The van der Waals surface area contributed by atoms with Crippen LogP contribution in [0.5, 0.6) is 0 Å². The quantitative estimate of drug-likeness (QED) is 0.710. The van der Waals surface area contributed by atoms with Gasteiger partial charge in [-0.15, -0.1) is 0 Å². The van der Waals surface area contributed by atoms with E-state index in [-0.39, 0.29) is 11.9 Å². The second-order valence-electron chi connectivity index (χ2n) is 4.11. The molecule has 2 N–H and O–H groups in total. The zero-order valence-corrected chi connectivity index (χ0v) is 8.62. The van der Waals surface area contributed by atoms with Gasteiger partial charge in [-0.25, -0.2) is 0 Å². The van der Waals surface area contributed by atoms with Gasteiger partial charge in [0.05, 0.1) is 0 Å². The maximum atomic E-state index is 11.5. The highest BCUT2D eigenvalue weighted by Crippen LogP contribution is 2.13. The zero-order valence-electron chi connectivity index (χ0n) is 8.62. The average Bonchev–Trinajstić information content (AvgIpc) is 2.11. The summed E-state index contributed by atoms with van der Waals surface area (Å²) in [5.41, 5.74) is 5.81. The molecule has 0 saturated carbocycles. The van der Waals surface area contributed by atoms with Gasteiger partial charge in [0, 0.05) is 25.6 Å². The molecule has 0 bridgehead atoms. The molecule has 76 valence electrons. The Morgan fingerprint density at radius 1 is 1.69 bits per heavy atom. The summed E-state index contributed by atoms with van der Waals surface area (Å²) in [4.78, 5) is 13.4. The first-order chi connectivity index (χ1) is 6.13. The van der Waals surface area contributed by atoms with Crippen LogP contribution in [0, 0.1) is 5.92 Å². The van der Waals surface area contributed by atoms with Gasteiger partial charge in [0.1, 0.15) is 0 Å². The molecular formula is C10H20N2O. The van der Waals surface area contributed by atoms with Crippen LogP contribution in [0.3, 0.4) is 0 Å². The third kappa shape index (κ3) is 2.99. The van der Waals surface area contributed by atoms with Crippen LogP contribution >= 0.6 is 0 Å². The van der Waals surface area contributed by atoms with Crippen LogP contribution in [-0.4, -0.2) is 29.9 Å². The number of rotatable bonds is 3. The smallest absolute Gasteiger partial charge is 0.222 e. The molecule has 13 heavy (non-hydrogen) atoms. The summed E-state index contributed by atoms with van der Waals surface area (Å²) in [7, 11) is 0. The molecule has 0 aliphatic carbocycles. The lowest BCUT2D eigenvalue weighted by atomic mass is 10.0. The summed E-state index contributed by atoms with van der Waals surface area (Å²) in [6, 6.07) is 0.196. The van der Waals surface area contributed by atoms with Crippen molar-refractivity contribution in [2.24, 2.45) is 11.7 Å². The van der Waals surface area contributed by atoms with Crippen molar-refractivity contribution in [2.75, 3.05) is 13.1 Å². The minimum atomic E-state index is 0.196. The van der Waals surface area contributed by atoms with Crippen molar-refractivity contribution in [3.63, 3.8) is 0 Å². The fourth-order valence-corrected chi connectivity index (χ4v) is 1.62. The van der Waals surface area contributed by atoms with Crippen molar-refractivity contribution < 1.29 is 4.79 Å². The van der Waals surface area contributed by atoms with Crippen LogP contribution in [-0.2, 0) is 4.79 Å². The Morgan fingerprint density at radius 3 is 3.00 bits per heavy atom. The predicted octanol–water partition coefficient (Wildman–Crippen LogP) is 0.982. The molecule has 2 atom stereocenters. The van der Waals surface area contributed by atoms with E-state index < -0.39 is 0 Å². The van der Waals surface area contributed by atoms with Gasteiger partial charge in [-0.1, -0.05) is 20.3 Å². The first kappa shape index (κ1) is 10.5. The number of nitrogens with two attached hydrogens (primary N) is 1. The van der Waals surface area contributed by atoms with Crippen molar-refractivity contribution in [2.45, 2.75) is 39.2 Å². The Balaban J connectivity index is 2.42. The van der Waals surface area contributed by atoms with E-state index in [1.807, 2.05) is 4.90 Å². The number of hydrogen-bond acceptors (Lipinski definition) is 2. The molecule has 1 amide bonds. The molecule has 1 saturated heterocycles. The van der Waals surface area contributed by atoms with E-state index in [1.54, 1.807) is 0 Å². The van der Waals surface area contributed by atoms with Gasteiger partial charge in [-0.3, -0.25) is 4.79 Å². The number of piperidine rings is 1. The highest BCUT2D eigenvalue weighted by molar-refractivity contribution is 5.77. The van der Waals surface area contributed by atoms with Gasteiger partial charge >= 0.3 is 0 Å². The Morgan fingerprint density at radius 2 is 2.38 bits per heavy atom. The number of carbonyl (C=O) groups excluding carboxylic acids is 1. The van der Waals surface area contributed by atoms with E-state index in [0.717, 1.165) is 25.9 Å². The fourth-order valence-electron chi connectivity index (χ4n) is 1.62. The van der Waals surface area contributed by atoms with E-state index in [1.165, 1.54) is 0 Å². The van der Waals surface area contributed by atoms with Crippen molar-refractivity contribution in [3.8, 4) is 0 Å². The molecule has 1 aliphatic heterocycles. The number of carbonyl (C=O) groups is 1. The van der Waals surface area contributed by atoms with Gasteiger partial charge in [0.25, 0.3) is 0 Å². The van der Waals surface area contributed by atoms with E-state index in [0.29, 0.717) is 12.3 Å². The van der Waals surface area contributed by atoms with E-state index >= 15 is 0 Å². The van der Waals surface area contributed by atoms with E-state index in [2.05, 4.69) is 13.8 Å². The Bertz CT molecular complexity index is 182. The number of hydrogen-bond donors (Lipinski definition) is 1. The van der Waals surface area contributed by atoms with Crippen LogP contribution in [0.1, 0.15) is 33.1 Å². The van der Waals surface area contributed by atoms with Crippen molar-refractivity contribution in [1.82, 2.24) is 4.90 Å². The Labute approximate surface area is 80.3 Å². The topological polar surface area (TPSA) is 46.3 Å². The number of nitrogens with zero attached hydrogens (tertiary/aromatic N) is 1. The lowest BCUT2D eigenvalue weighted by molar-refractivity contribution is -0.134. The third-order valence-electron chi connectivity index (χ3n) is 2.77. The van der Waals surface area contributed by atoms with Crippen LogP contribution in [0.25, 0.3) is 0 Å². The fraction of sp³-hybridized carbons (Fsp3) is 0.900. The molecule has 3 nitrogen and oxygen atoms in total. The lowest BCUT2D eigenvalue weighted by Crippen LogP contribution is -2.47. The Kier molecular flexibility index (Phi) is 3.72. The van der Waals surface area contributed by atoms with Crippen molar-refractivity contribution >= 4 is 5.91 Å². The SMILES string of the molecule is CCC(C)CN1CC(N)CCC1=O. The molecule has 1 fully saturated rings. The highest BCUT2D eigenvalue weighted by atomic mass is 16.2. The minimum absolute atomic E-state index is 0.196. The summed E-state index contributed by atoms with van der Waals surface area (Å²) in [5, 5.41) is 0. The van der Waals surface area contributed by atoms with Crippen molar-refractivity contribution in [3.05, 3.63) is 0 Å². The zero-order chi connectivity index (χ0) is 9.84. The maximum Gasteiger partial charge on any atom is 0.222 e. The minimum Gasteiger partial charge on any atom is -0.341 e. The average molecular weight is 184 g/mol. The predicted molar refractivity (Wildman–Crippen MR) is 53.2 cm³/mol. The molecule has 0 radical (unpaired) electrons. The van der Waals surface area contributed by atoms with Crippen molar-refractivity contribution in [1.29, 1.82) is 0 Å². The number of likely N-dealkylation sites (tertiary alicyclic amines) is 1. The summed E-state index contributed by atoms with van der Waals surface area (Å²) >= 11 is 0. The van der Waals surface area contributed by atoms with E-state index in [4.69, 9.17) is 5.73 Å². The molecule has 0 aromatic carbocycles. The van der Waals surface area contributed by atoms with Crippen LogP contribution in [0.4, 0.5) is 0 Å². The molecule has 0 aromatic rings. The van der Waals surface area contributed by atoms with Crippen LogP contribution < -0.4 is 5.73 Å². The summed E-state index contributed by atoms with van der Waals surface area (Å²) in [5.74, 6) is 0.872. The first-order valence-corrected chi connectivity index (χ1v) is 5.16. The molecule has 1 rings (SSSR count). The summed E-state index contributed by atoms with van der Waals surface area (Å²) in [6.07, 6.45) is 2.62. The first-order valence-electron chi connectivity index (χ1n) is 5.16. The van der Waals surface area contributed by atoms with Crippen LogP contribution in [0.15, 0.2) is 0 Å². The van der Waals surface area contributed by atoms with Crippen LogP contribution in [0.2, 0.25) is 0 Å². The van der Waals surface area contributed by atoms with E-state index in [9.17, 15) is 4.79 Å². The molecule has 0 spiro atoms. The molecule has 2 unspecified atom stereocenters. The lowest BCUT2D eigenvalue weighted by Gasteiger charge is -2.32. The summed E-state index contributed by atoms with van der Waals surface area (Å²) in [6.45, 7) is 5.96. The molecule has 1 heterocycles. The second kappa shape index (κ2) is 4.61. The molecular weight excluding hydrogens is 164 g/mol. The highest BCUT2D eigenvalue weighted by Gasteiger charge is 2.23.